The van der Waals surface area contributed by atoms with Crippen molar-refractivity contribution in [3.63, 3.8) is 0 Å². The van der Waals surface area contributed by atoms with Crippen LogP contribution in [0.25, 0.3) is 0 Å². The van der Waals surface area contributed by atoms with Gasteiger partial charge in [0.25, 0.3) is 0 Å². The van der Waals surface area contributed by atoms with Crippen molar-refractivity contribution in [3.8, 4) is 11.5 Å². The Bertz CT molecular complexity index is 660. The summed E-state index contributed by atoms with van der Waals surface area (Å²) in [6.45, 7) is 1.99. The molecule has 0 aliphatic heterocycles. The molecule has 0 saturated heterocycles. The lowest BCUT2D eigenvalue weighted by Gasteiger charge is -2.12. The fourth-order valence-electron chi connectivity index (χ4n) is 1.84. The standard InChI is InChI=1S/C15H13ClFNOS/c1-2-9-8-10(6-7-11(9)16)19-13-5-3-4-12(17)14(13)15(18)20/h3-8H,2H2,1H3,(H2,18,20). The van der Waals surface area contributed by atoms with Gasteiger partial charge in [0.15, 0.2) is 0 Å². The number of hydrogen-bond donors (Lipinski definition) is 1. The number of thiocarbonyl (C=S) groups is 1. The highest BCUT2D eigenvalue weighted by atomic mass is 35.5. The molecular weight excluding hydrogens is 297 g/mol. The maximum atomic E-state index is 13.7. The van der Waals surface area contributed by atoms with E-state index in [-0.39, 0.29) is 10.6 Å². The molecule has 0 atom stereocenters. The zero-order valence-corrected chi connectivity index (χ0v) is 12.4. The predicted octanol–water partition coefficient (Wildman–Crippen LogP) is 4.47. The Hall–Kier alpha value is -1.65. The van der Waals surface area contributed by atoms with Gasteiger partial charge in [-0.25, -0.2) is 4.39 Å². The van der Waals surface area contributed by atoms with Gasteiger partial charge in [-0.15, -0.1) is 0 Å². The maximum Gasteiger partial charge on any atom is 0.140 e. The molecule has 0 bridgehead atoms. The van der Waals surface area contributed by atoms with E-state index in [0.717, 1.165) is 12.0 Å². The van der Waals surface area contributed by atoms with Crippen LogP contribution >= 0.6 is 23.8 Å². The highest BCUT2D eigenvalue weighted by Gasteiger charge is 2.13. The first-order valence-corrected chi connectivity index (χ1v) is 6.86. The topological polar surface area (TPSA) is 35.2 Å². The van der Waals surface area contributed by atoms with Gasteiger partial charge in [0, 0.05) is 5.02 Å². The summed E-state index contributed by atoms with van der Waals surface area (Å²) in [7, 11) is 0. The normalized spacial score (nSPS) is 10.3. The molecule has 0 aromatic heterocycles. The molecule has 0 fully saturated rings. The second-order valence-corrected chi connectivity index (χ2v) is 5.03. The molecule has 5 heteroatoms. The number of halogens is 2. The summed E-state index contributed by atoms with van der Waals surface area (Å²) in [5.74, 6) is 0.357. The number of ether oxygens (including phenoxy) is 1. The first kappa shape index (κ1) is 14.8. The minimum absolute atomic E-state index is 0.0391. The summed E-state index contributed by atoms with van der Waals surface area (Å²) >= 11 is 10.9. The van der Waals surface area contributed by atoms with Crippen molar-refractivity contribution in [1.29, 1.82) is 0 Å². The number of nitrogens with two attached hydrogens (primary N) is 1. The number of hydrogen-bond acceptors (Lipinski definition) is 2. The zero-order valence-electron chi connectivity index (χ0n) is 10.8. The smallest absolute Gasteiger partial charge is 0.140 e. The van der Waals surface area contributed by atoms with Crippen LogP contribution in [-0.4, -0.2) is 4.99 Å². The molecule has 0 aliphatic carbocycles. The van der Waals surface area contributed by atoms with E-state index >= 15 is 0 Å². The lowest BCUT2D eigenvalue weighted by Crippen LogP contribution is -2.13. The Morgan fingerprint density at radius 2 is 2.10 bits per heavy atom. The summed E-state index contributed by atoms with van der Waals surface area (Å²) in [5, 5.41) is 0.675. The van der Waals surface area contributed by atoms with Crippen molar-refractivity contribution in [1.82, 2.24) is 0 Å². The van der Waals surface area contributed by atoms with Gasteiger partial charge in [0.2, 0.25) is 0 Å². The average Bonchev–Trinajstić information content (AvgIpc) is 2.40. The van der Waals surface area contributed by atoms with Gasteiger partial charge < -0.3 is 10.5 Å². The molecule has 0 heterocycles. The van der Waals surface area contributed by atoms with E-state index in [1.165, 1.54) is 6.07 Å². The van der Waals surface area contributed by atoms with Gasteiger partial charge in [-0.2, -0.15) is 0 Å². The Kier molecular flexibility index (Phi) is 4.57. The summed E-state index contributed by atoms with van der Waals surface area (Å²) in [4.78, 5) is -0.0391. The van der Waals surface area contributed by atoms with E-state index in [4.69, 9.17) is 34.3 Å². The summed E-state index contributed by atoms with van der Waals surface area (Å²) in [5.41, 5.74) is 6.60. The van der Waals surface area contributed by atoms with E-state index in [2.05, 4.69) is 0 Å². The minimum atomic E-state index is -0.500. The third-order valence-electron chi connectivity index (χ3n) is 2.85. The monoisotopic (exact) mass is 309 g/mol. The van der Waals surface area contributed by atoms with Crippen molar-refractivity contribution in [2.75, 3.05) is 0 Å². The lowest BCUT2D eigenvalue weighted by atomic mass is 10.1. The Labute approximate surface area is 127 Å². The van der Waals surface area contributed by atoms with Gasteiger partial charge in [-0.3, -0.25) is 0 Å². The summed E-state index contributed by atoms with van der Waals surface area (Å²) in [6.07, 6.45) is 0.779. The maximum absolute atomic E-state index is 13.7. The average molecular weight is 310 g/mol. The van der Waals surface area contributed by atoms with Crippen molar-refractivity contribution in [3.05, 3.63) is 58.4 Å². The predicted molar refractivity (Wildman–Crippen MR) is 83.2 cm³/mol. The molecule has 2 rings (SSSR count). The van der Waals surface area contributed by atoms with E-state index < -0.39 is 5.82 Å². The fourth-order valence-corrected chi connectivity index (χ4v) is 2.29. The fraction of sp³-hybridized carbons (Fsp3) is 0.133. The molecule has 0 saturated carbocycles. The molecule has 0 amide bonds. The van der Waals surface area contributed by atoms with Crippen LogP contribution in [0.1, 0.15) is 18.1 Å². The molecular formula is C15H13ClFNOS. The second-order valence-electron chi connectivity index (χ2n) is 4.19. The van der Waals surface area contributed by atoms with Gasteiger partial charge >= 0.3 is 0 Å². The summed E-state index contributed by atoms with van der Waals surface area (Å²) < 4.78 is 19.4. The van der Waals surface area contributed by atoms with Crippen molar-refractivity contribution < 1.29 is 9.13 Å². The zero-order chi connectivity index (χ0) is 14.7. The first-order valence-electron chi connectivity index (χ1n) is 6.07. The first-order chi connectivity index (χ1) is 9.52. The van der Waals surface area contributed by atoms with Gasteiger partial charge in [0.05, 0.1) is 5.56 Å². The van der Waals surface area contributed by atoms with Crippen LogP contribution in [-0.2, 0) is 6.42 Å². The molecule has 0 unspecified atom stereocenters. The van der Waals surface area contributed by atoms with Crippen LogP contribution in [0.3, 0.4) is 0 Å². The second kappa shape index (κ2) is 6.20. The van der Waals surface area contributed by atoms with E-state index in [1.54, 1.807) is 24.3 Å². The van der Waals surface area contributed by atoms with Crippen molar-refractivity contribution in [2.45, 2.75) is 13.3 Å². The molecule has 2 aromatic rings. The number of aryl methyl sites for hydroxylation is 1. The SMILES string of the molecule is CCc1cc(Oc2cccc(F)c2C(N)=S)ccc1Cl. The molecule has 104 valence electrons. The number of benzene rings is 2. The molecule has 2 N–H and O–H groups in total. The molecule has 0 radical (unpaired) electrons. The van der Waals surface area contributed by atoms with E-state index in [0.29, 0.717) is 16.5 Å². The largest absolute Gasteiger partial charge is 0.457 e. The molecule has 0 aliphatic rings. The van der Waals surface area contributed by atoms with Crippen molar-refractivity contribution >= 4 is 28.8 Å². The Morgan fingerprint density at radius 1 is 1.35 bits per heavy atom. The van der Waals surface area contributed by atoms with E-state index in [1.807, 2.05) is 13.0 Å². The third-order valence-corrected chi connectivity index (χ3v) is 3.42. The minimum Gasteiger partial charge on any atom is -0.457 e. The van der Waals surface area contributed by atoms with E-state index in [9.17, 15) is 4.39 Å². The van der Waals surface area contributed by atoms with Crippen LogP contribution in [0.5, 0.6) is 11.5 Å². The van der Waals surface area contributed by atoms with Crippen LogP contribution < -0.4 is 10.5 Å². The number of rotatable bonds is 4. The quantitative estimate of drug-likeness (QED) is 0.846. The Balaban J connectivity index is 2.40. The lowest BCUT2D eigenvalue weighted by molar-refractivity contribution is 0.475. The van der Waals surface area contributed by atoms with Crippen LogP contribution in [0.15, 0.2) is 36.4 Å². The van der Waals surface area contributed by atoms with Crippen molar-refractivity contribution in [2.24, 2.45) is 5.73 Å². The highest BCUT2D eigenvalue weighted by molar-refractivity contribution is 7.80. The molecule has 2 nitrogen and oxygen atoms in total. The highest BCUT2D eigenvalue weighted by Crippen LogP contribution is 2.30. The molecule has 20 heavy (non-hydrogen) atoms. The molecule has 2 aromatic carbocycles. The molecule has 0 spiro atoms. The van der Waals surface area contributed by atoms with Gasteiger partial charge in [-0.1, -0.05) is 36.8 Å². The van der Waals surface area contributed by atoms with Crippen LogP contribution in [0.4, 0.5) is 4.39 Å². The van der Waals surface area contributed by atoms with Gasteiger partial charge in [0.1, 0.15) is 22.3 Å². The summed E-state index contributed by atoms with van der Waals surface area (Å²) in [6, 6.07) is 9.74. The van der Waals surface area contributed by atoms with Gasteiger partial charge in [-0.05, 0) is 42.3 Å². The third kappa shape index (κ3) is 3.08. The Morgan fingerprint density at radius 3 is 2.75 bits per heavy atom. The van der Waals surface area contributed by atoms with Crippen LogP contribution in [0, 0.1) is 5.82 Å². The van der Waals surface area contributed by atoms with Crippen LogP contribution in [0.2, 0.25) is 5.02 Å².